The van der Waals surface area contributed by atoms with E-state index in [0.29, 0.717) is 23.3 Å². The second-order valence-corrected chi connectivity index (χ2v) is 7.95. The minimum Gasteiger partial charge on any atom is -0.335 e. The Labute approximate surface area is 166 Å². The zero-order chi connectivity index (χ0) is 19.5. The molecule has 0 aliphatic carbocycles. The summed E-state index contributed by atoms with van der Waals surface area (Å²) in [6.45, 7) is 2.52. The van der Waals surface area contributed by atoms with Crippen LogP contribution in [0.3, 0.4) is 0 Å². The number of benzene rings is 2. The van der Waals surface area contributed by atoms with Gasteiger partial charge in [-0.3, -0.25) is 9.69 Å². The minimum atomic E-state index is -0.193. The zero-order valence-corrected chi connectivity index (χ0v) is 16.2. The number of rotatable bonds is 5. The van der Waals surface area contributed by atoms with Crippen molar-refractivity contribution >= 4 is 17.5 Å². The van der Waals surface area contributed by atoms with Crippen LogP contribution in [0.5, 0.6) is 0 Å². The van der Waals surface area contributed by atoms with E-state index in [4.69, 9.17) is 0 Å². The molecule has 2 atom stereocenters. The molecule has 2 aromatic rings. The van der Waals surface area contributed by atoms with Crippen molar-refractivity contribution in [2.75, 3.05) is 5.32 Å². The van der Waals surface area contributed by atoms with Crippen LogP contribution in [0.4, 0.5) is 10.5 Å². The third kappa shape index (κ3) is 4.25. The van der Waals surface area contributed by atoms with Gasteiger partial charge in [0, 0.05) is 35.9 Å². The van der Waals surface area contributed by atoms with E-state index in [1.54, 1.807) is 24.3 Å². The number of hydrogen-bond acceptors (Lipinski definition) is 3. The molecule has 4 rings (SSSR count). The van der Waals surface area contributed by atoms with Crippen LogP contribution in [-0.2, 0) is 6.54 Å². The summed E-state index contributed by atoms with van der Waals surface area (Å²) in [5.41, 5.74) is 2.61. The number of hydrogen-bond donors (Lipinski definition) is 2. The van der Waals surface area contributed by atoms with Gasteiger partial charge in [0.2, 0.25) is 0 Å². The Hall–Kier alpha value is -2.66. The third-order valence-electron chi connectivity index (χ3n) is 5.95. The predicted molar refractivity (Wildman–Crippen MR) is 110 cm³/mol. The lowest BCUT2D eigenvalue weighted by Crippen LogP contribution is -2.50. The van der Waals surface area contributed by atoms with Crippen molar-refractivity contribution in [1.82, 2.24) is 10.2 Å². The van der Waals surface area contributed by atoms with Crippen LogP contribution in [0.15, 0.2) is 54.6 Å². The lowest BCUT2D eigenvalue weighted by atomic mass is 9.96. The summed E-state index contributed by atoms with van der Waals surface area (Å²) in [6, 6.07) is 18.7. The average molecular weight is 377 g/mol. The lowest BCUT2D eigenvalue weighted by Gasteiger charge is -2.39. The molecule has 0 radical (unpaired) electrons. The maximum atomic E-state index is 12.4. The van der Waals surface area contributed by atoms with Gasteiger partial charge in [-0.15, -0.1) is 0 Å². The van der Waals surface area contributed by atoms with Crippen LogP contribution in [0.25, 0.3) is 0 Å². The topological polar surface area (TPSA) is 61.4 Å². The molecule has 0 aromatic heterocycles. The molecule has 28 heavy (non-hydrogen) atoms. The summed E-state index contributed by atoms with van der Waals surface area (Å²) in [6.07, 6.45) is 4.39. The fraction of sp³-hybridized carbons (Fsp3) is 0.391. The number of piperidine rings is 1. The van der Waals surface area contributed by atoms with Gasteiger partial charge in [-0.05, 0) is 50.3 Å². The summed E-state index contributed by atoms with van der Waals surface area (Å²) in [4.78, 5) is 26.6. The molecule has 5 nitrogen and oxygen atoms in total. The Morgan fingerprint density at radius 2 is 1.71 bits per heavy atom. The van der Waals surface area contributed by atoms with Crippen molar-refractivity contribution in [1.29, 1.82) is 0 Å². The van der Waals surface area contributed by atoms with E-state index in [9.17, 15) is 9.59 Å². The average Bonchev–Trinajstić information content (AvgIpc) is 2.91. The molecule has 2 saturated heterocycles. The minimum absolute atomic E-state index is 0.00794. The Balaban J connectivity index is 1.33. The summed E-state index contributed by atoms with van der Waals surface area (Å²) < 4.78 is 0. The van der Waals surface area contributed by atoms with Crippen LogP contribution in [0.1, 0.15) is 48.5 Å². The van der Waals surface area contributed by atoms with Gasteiger partial charge in [-0.1, -0.05) is 42.5 Å². The van der Waals surface area contributed by atoms with E-state index in [-0.39, 0.29) is 17.9 Å². The first-order valence-corrected chi connectivity index (χ1v) is 10.1. The summed E-state index contributed by atoms with van der Waals surface area (Å²) in [5.74, 6) is -0.00794. The standard InChI is InChI=1S/C23H27N3O2/c1-16(27)18-8-5-9-19(12-18)24-23(28)25-20-13-21-10-11-22(14-20)26(21)15-17-6-3-2-4-7-17/h2-9,12,20-22H,10-11,13-15H2,1H3,(H2,24,25,28)/t21-,22-/m0/s1. The van der Waals surface area contributed by atoms with Gasteiger partial charge < -0.3 is 10.6 Å². The Morgan fingerprint density at radius 3 is 2.39 bits per heavy atom. The van der Waals surface area contributed by atoms with Crippen molar-refractivity contribution in [2.45, 2.75) is 57.3 Å². The van der Waals surface area contributed by atoms with Gasteiger partial charge in [0.1, 0.15) is 0 Å². The Bertz CT molecular complexity index is 838. The summed E-state index contributed by atoms with van der Waals surface area (Å²) in [5, 5.41) is 6.01. The molecular weight excluding hydrogens is 350 g/mol. The number of carbonyl (C=O) groups excluding carboxylic acids is 2. The van der Waals surface area contributed by atoms with Crippen LogP contribution < -0.4 is 10.6 Å². The molecule has 146 valence electrons. The second-order valence-electron chi connectivity index (χ2n) is 7.95. The van der Waals surface area contributed by atoms with Gasteiger partial charge in [-0.2, -0.15) is 0 Å². The van der Waals surface area contributed by atoms with Crippen LogP contribution >= 0.6 is 0 Å². The van der Waals surface area contributed by atoms with Gasteiger partial charge in [-0.25, -0.2) is 4.79 Å². The van der Waals surface area contributed by atoms with E-state index in [1.807, 2.05) is 0 Å². The highest BCUT2D eigenvalue weighted by molar-refractivity contribution is 5.96. The largest absolute Gasteiger partial charge is 0.335 e. The Kier molecular flexibility index (Phi) is 5.44. The van der Waals surface area contributed by atoms with E-state index in [1.165, 1.54) is 25.3 Å². The molecule has 2 aromatic carbocycles. The molecule has 0 saturated carbocycles. The van der Waals surface area contributed by atoms with Gasteiger partial charge in [0.15, 0.2) is 5.78 Å². The van der Waals surface area contributed by atoms with E-state index < -0.39 is 0 Å². The molecular formula is C23H27N3O2. The molecule has 2 fully saturated rings. The highest BCUT2D eigenvalue weighted by Gasteiger charge is 2.40. The molecule has 2 N–H and O–H groups in total. The molecule has 5 heteroatoms. The van der Waals surface area contributed by atoms with Crippen molar-refractivity contribution in [3.63, 3.8) is 0 Å². The number of amides is 2. The molecule has 2 bridgehead atoms. The quantitative estimate of drug-likeness (QED) is 0.768. The number of nitrogens with zero attached hydrogens (tertiary/aromatic N) is 1. The lowest BCUT2D eigenvalue weighted by molar-refractivity contribution is 0.101. The van der Waals surface area contributed by atoms with E-state index in [2.05, 4.69) is 45.9 Å². The normalized spacial score (nSPS) is 24.0. The van der Waals surface area contributed by atoms with Crippen LogP contribution in [0.2, 0.25) is 0 Å². The van der Waals surface area contributed by atoms with Gasteiger partial charge in [0.05, 0.1) is 0 Å². The van der Waals surface area contributed by atoms with Crippen molar-refractivity contribution in [3.8, 4) is 0 Å². The van der Waals surface area contributed by atoms with Gasteiger partial charge in [0.25, 0.3) is 0 Å². The molecule has 2 heterocycles. The molecule has 2 aliphatic heterocycles. The first kappa shape index (κ1) is 18.7. The fourth-order valence-corrected chi connectivity index (χ4v) is 4.61. The van der Waals surface area contributed by atoms with E-state index in [0.717, 1.165) is 19.4 Å². The molecule has 2 aliphatic rings. The fourth-order valence-electron chi connectivity index (χ4n) is 4.61. The molecule has 0 spiro atoms. The van der Waals surface area contributed by atoms with Gasteiger partial charge >= 0.3 is 6.03 Å². The highest BCUT2D eigenvalue weighted by atomic mass is 16.2. The highest BCUT2D eigenvalue weighted by Crippen LogP contribution is 2.36. The maximum Gasteiger partial charge on any atom is 0.319 e. The predicted octanol–water partition coefficient (Wildman–Crippen LogP) is 4.21. The van der Waals surface area contributed by atoms with Crippen molar-refractivity contribution < 1.29 is 9.59 Å². The second kappa shape index (κ2) is 8.15. The number of urea groups is 1. The monoisotopic (exact) mass is 377 g/mol. The number of fused-ring (bicyclic) bond motifs is 2. The summed E-state index contributed by atoms with van der Waals surface area (Å²) in [7, 11) is 0. The van der Waals surface area contributed by atoms with Crippen molar-refractivity contribution in [2.24, 2.45) is 0 Å². The number of anilines is 1. The molecule has 0 unspecified atom stereocenters. The van der Waals surface area contributed by atoms with E-state index >= 15 is 0 Å². The number of Topliss-reactive ketones (excluding diaryl/α,β-unsaturated/α-hetero) is 1. The zero-order valence-electron chi connectivity index (χ0n) is 16.2. The molecule has 2 amide bonds. The Morgan fingerprint density at radius 1 is 1.00 bits per heavy atom. The number of nitrogens with one attached hydrogen (secondary N) is 2. The third-order valence-corrected chi connectivity index (χ3v) is 5.95. The summed E-state index contributed by atoms with van der Waals surface area (Å²) >= 11 is 0. The smallest absolute Gasteiger partial charge is 0.319 e. The van der Waals surface area contributed by atoms with Crippen LogP contribution in [-0.4, -0.2) is 34.8 Å². The van der Waals surface area contributed by atoms with Crippen molar-refractivity contribution in [3.05, 3.63) is 65.7 Å². The number of ketones is 1. The maximum absolute atomic E-state index is 12.4. The first-order chi connectivity index (χ1) is 13.6. The first-order valence-electron chi connectivity index (χ1n) is 10.1. The SMILES string of the molecule is CC(=O)c1cccc(NC(=O)NC2C[C@@H]3CC[C@@H](C2)N3Cc2ccccc2)c1. The van der Waals surface area contributed by atoms with Crippen LogP contribution in [0, 0.1) is 0 Å². The number of carbonyl (C=O) groups is 2.